The number of carbonyl (C=O) groups is 2. The first-order chi connectivity index (χ1) is 11.0. The molecular weight excluding hydrogens is 290 g/mol. The molecule has 4 heteroatoms. The summed E-state index contributed by atoms with van der Waals surface area (Å²) < 4.78 is 0. The molecule has 1 aliphatic rings. The second-order valence-electron chi connectivity index (χ2n) is 6.71. The average molecular weight is 317 g/mol. The maximum absolute atomic E-state index is 12.1. The molecule has 1 aliphatic carbocycles. The molecule has 4 nitrogen and oxygen atoms in total. The van der Waals surface area contributed by atoms with E-state index in [1.807, 2.05) is 32.0 Å². The van der Waals surface area contributed by atoms with E-state index < -0.39 is 0 Å². The summed E-state index contributed by atoms with van der Waals surface area (Å²) >= 11 is 0. The molecule has 0 bridgehead atoms. The number of rotatable bonds is 6. The quantitative estimate of drug-likeness (QED) is 0.793. The van der Waals surface area contributed by atoms with Crippen LogP contribution in [0.3, 0.4) is 0 Å². The molecule has 0 aromatic heterocycles. The summed E-state index contributed by atoms with van der Waals surface area (Å²) in [6, 6.07) is 5.65. The predicted octanol–water partition coefficient (Wildman–Crippen LogP) is 2.93. The number of aliphatic hydroxyl groups excluding tert-OH is 1. The van der Waals surface area contributed by atoms with Crippen molar-refractivity contribution in [1.29, 1.82) is 0 Å². The van der Waals surface area contributed by atoms with Crippen LogP contribution < -0.4 is 5.32 Å². The van der Waals surface area contributed by atoms with Gasteiger partial charge in [-0.2, -0.15) is 0 Å². The second-order valence-corrected chi connectivity index (χ2v) is 6.71. The summed E-state index contributed by atoms with van der Waals surface area (Å²) in [6.45, 7) is 4.60. The molecule has 1 aromatic carbocycles. The molecule has 2 unspecified atom stereocenters. The SMILES string of the molecule is Cc1ccc(C(=O)CCC(=O)NCC2CCCC(O)C2)cc1C. The first-order valence-electron chi connectivity index (χ1n) is 8.51. The van der Waals surface area contributed by atoms with E-state index in [9.17, 15) is 14.7 Å². The smallest absolute Gasteiger partial charge is 0.220 e. The van der Waals surface area contributed by atoms with Gasteiger partial charge < -0.3 is 10.4 Å². The zero-order valence-corrected chi connectivity index (χ0v) is 14.1. The van der Waals surface area contributed by atoms with E-state index in [1.54, 1.807) is 0 Å². The molecule has 0 aliphatic heterocycles. The first-order valence-corrected chi connectivity index (χ1v) is 8.51. The first kappa shape index (κ1) is 17.7. The van der Waals surface area contributed by atoms with Gasteiger partial charge >= 0.3 is 0 Å². The van der Waals surface area contributed by atoms with Crippen molar-refractivity contribution in [1.82, 2.24) is 5.32 Å². The highest BCUT2D eigenvalue weighted by Crippen LogP contribution is 2.23. The fourth-order valence-electron chi connectivity index (χ4n) is 3.08. The Morgan fingerprint density at radius 2 is 1.96 bits per heavy atom. The summed E-state index contributed by atoms with van der Waals surface area (Å²) in [7, 11) is 0. The predicted molar refractivity (Wildman–Crippen MR) is 90.5 cm³/mol. The van der Waals surface area contributed by atoms with Crippen molar-refractivity contribution in [3.8, 4) is 0 Å². The van der Waals surface area contributed by atoms with Crippen LogP contribution in [-0.2, 0) is 4.79 Å². The van der Waals surface area contributed by atoms with Crippen molar-refractivity contribution in [3.05, 3.63) is 34.9 Å². The van der Waals surface area contributed by atoms with Gasteiger partial charge in [-0.3, -0.25) is 9.59 Å². The maximum Gasteiger partial charge on any atom is 0.220 e. The number of hydrogen-bond acceptors (Lipinski definition) is 3. The number of nitrogens with one attached hydrogen (secondary N) is 1. The molecule has 126 valence electrons. The fraction of sp³-hybridized carbons (Fsp3) is 0.579. The minimum Gasteiger partial charge on any atom is -0.393 e. The Labute approximate surface area is 138 Å². The highest BCUT2D eigenvalue weighted by atomic mass is 16.3. The normalized spacial score (nSPS) is 21.0. The van der Waals surface area contributed by atoms with Crippen molar-refractivity contribution in [2.45, 2.75) is 58.5 Å². The van der Waals surface area contributed by atoms with Gasteiger partial charge in [-0.05, 0) is 56.2 Å². The van der Waals surface area contributed by atoms with Crippen LogP contribution in [0.4, 0.5) is 0 Å². The zero-order chi connectivity index (χ0) is 16.8. The van der Waals surface area contributed by atoms with Gasteiger partial charge in [-0.15, -0.1) is 0 Å². The van der Waals surface area contributed by atoms with Gasteiger partial charge in [0.1, 0.15) is 0 Å². The number of aliphatic hydroxyl groups is 1. The molecule has 2 N–H and O–H groups in total. The minimum absolute atomic E-state index is 0.0105. The van der Waals surface area contributed by atoms with Crippen LogP contribution in [0.15, 0.2) is 18.2 Å². The number of amides is 1. The minimum atomic E-state index is -0.225. The van der Waals surface area contributed by atoms with Crippen LogP contribution >= 0.6 is 0 Å². The summed E-state index contributed by atoms with van der Waals surface area (Å²) in [6.07, 6.45) is 3.95. The molecule has 1 saturated carbocycles. The van der Waals surface area contributed by atoms with Gasteiger partial charge in [0.2, 0.25) is 5.91 Å². The van der Waals surface area contributed by atoms with E-state index in [0.29, 0.717) is 18.0 Å². The van der Waals surface area contributed by atoms with Gasteiger partial charge in [0.05, 0.1) is 6.10 Å². The molecule has 0 spiro atoms. The van der Waals surface area contributed by atoms with Crippen molar-refractivity contribution in [2.75, 3.05) is 6.54 Å². The molecular formula is C19H27NO3. The third-order valence-corrected chi connectivity index (χ3v) is 4.75. The summed E-state index contributed by atoms with van der Waals surface area (Å²) in [5.74, 6) is 0.289. The lowest BCUT2D eigenvalue weighted by molar-refractivity contribution is -0.121. The lowest BCUT2D eigenvalue weighted by atomic mass is 9.87. The van der Waals surface area contributed by atoms with Crippen molar-refractivity contribution in [3.63, 3.8) is 0 Å². The Morgan fingerprint density at radius 3 is 2.65 bits per heavy atom. The standard InChI is InChI=1S/C19H27NO3/c1-13-6-7-16(10-14(13)2)18(22)8-9-19(23)20-12-15-4-3-5-17(21)11-15/h6-7,10,15,17,21H,3-5,8-9,11-12H2,1-2H3,(H,20,23). The number of carbonyl (C=O) groups excluding carboxylic acids is 2. The Hall–Kier alpha value is -1.68. The lowest BCUT2D eigenvalue weighted by Crippen LogP contribution is -2.33. The Bertz CT molecular complexity index is 568. The number of aryl methyl sites for hydroxylation is 2. The maximum atomic E-state index is 12.1. The highest BCUT2D eigenvalue weighted by Gasteiger charge is 2.20. The van der Waals surface area contributed by atoms with Crippen LogP contribution in [0, 0.1) is 19.8 Å². The van der Waals surface area contributed by atoms with Crippen LogP contribution in [0.1, 0.15) is 60.0 Å². The van der Waals surface area contributed by atoms with Gasteiger partial charge in [0, 0.05) is 24.9 Å². The molecule has 1 aromatic rings. The summed E-state index contributed by atoms with van der Waals surface area (Å²) in [5, 5.41) is 12.5. The Morgan fingerprint density at radius 1 is 1.17 bits per heavy atom. The van der Waals surface area contributed by atoms with Crippen molar-refractivity contribution in [2.24, 2.45) is 5.92 Å². The van der Waals surface area contributed by atoms with E-state index >= 15 is 0 Å². The van der Waals surface area contributed by atoms with Crippen LogP contribution in [0.2, 0.25) is 0 Å². The molecule has 1 fully saturated rings. The van der Waals surface area contributed by atoms with Gasteiger partial charge in [-0.1, -0.05) is 18.6 Å². The Balaban J connectivity index is 1.73. The topological polar surface area (TPSA) is 66.4 Å². The summed E-state index contributed by atoms with van der Waals surface area (Å²) in [4.78, 5) is 24.0. The number of Topliss-reactive ketones (excluding diaryl/α,β-unsaturated/α-hetero) is 1. The molecule has 0 radical (unpaired) electrons. The van der Waals surface area contributed by atoms with E-state index in [1.165, 1.54) is 0 Å². The average Bonchev–Trinajstić information content (AvgIpc) is 2.53. The van der Waals surface area contributed by atoms with Gasteiger partial charge in [-0.25, -0.2) is 0 Å². The van der Waals surface area contributed by atoms with Gasteiger partial charge in [0.25, 0.3) is 0 Å². The molecule has 2 rings (SSSR count). The van der Waals surface area contributed by atoms with E-state index in [-0.39, 0.29) is 30.6 Å². The summed E-state index contributed by atoms with van der Waals surface area (Å²) in [5.41, 5.74) is 2.93. The Kier molecular flexibility index (Phi) is 6.34. The fourth-order valence-corrected chi connectivity index (χ4v) is 3.08. The van der Waals surface area contributed by atoms with Crippen LogP contribution in [0.25, 0.3) is 0 Å². The van der Waals surface area contributed by atoms with Gasteiger partial charge in [0.15, 0.2) is 5.78 Å². The van der Waals surface area contributed by atoms with Crippen molar-refractivity contribution >= 4 is 11.7 Å². The zero-order valence-electron chi connectivity index (χ0n) is 14.1. The number of hydrogen-bond donors (Lipinski definition) is 2. The molecule has 0 heterocycles. The number of ketones is 1. The van der Waals surface area contributed by atoms with E-state index in [0.717, 1.165) is 36.8 Å². The monoisotopic (exact) mass is 317 g/mol. The van der Waals surface area contributed by atoms with Crippen LogP contribution in [-0.4, -0.2) is 29.4 Å². The second kappa shape index (κ2) is 8.25. The third kappa shape index (κ3) is 5.47. The third-order valence-electron chi connectivity index (χ3n) is 4.75. The highest BCUT2D eigenvalue weighted by molar-refractivity contribution is 5.98. The lowest BCUT2D eigenvalue weighted by Gasteiger charge is -2.25. The molecule has 2 atom stereocenters. The van der Waals surface area contributed by atoms with E-state index in [4.69, 9.17) is 0 Å². The van der Waals surface area contributed by atoms with Crippen molar-refractivity contribution < 1.29 is 14.7 Å². The molecule has 23 heavy (non-hydrogen) atoms. The number of benzene rings is 1. The largest absolute Gasteiger partial charge is 0.393 e. The molecule has 1 amide bonds. The van der Waals surface area contributed by atoms with Crippen LogP contribution in [0.5, 0.6) is 0 Å². The molecule has 0 saturated heterocycles. The van der Waals surface area contributed by atoms with E-state index in [2.05, 4.69) is 5.32 Å².